The summed E-state index contributed by atoms with van der Waals surface area (Å²) in [5.41, 5.74) is 25.4. The van der Waals surface area contributed by atoms with Crippen LogP contribution in [0, 0.1) is 0 Å². The van der Waals surface area contributed by atoms with Gasteiger partial charge in [0.25, 0.3) is 0 Å². The lowest BCUT2D eigenvalue weighted by molar-refractivity contribution is 0.660. The molecular formula is C101H68. The van der Waals surface area contributed by atoms with E-state index >= 15 is 0 Å². The molecule has 0 amide bonds. The second-order valence-corrected chi connectivity index (χ2v) is 27.7. The molecule has 0 heteroatoms. The topological polar surface area (TPSA) is 0 Å². The average molecular weight is 1280 g/mol. The highest BCUT2D eigenvalue weighted by molar-refractivity contribution is 6.26. The molecule has 0 atom stereocenters. The maximum atomic E-state index is 2.48. The van der Waals surface area contributed by atoms with Crippen LogP contribution in [0.4, 0.5) is 0 Å². The first kappa shape index (κ1) is 59.5. The van der Waals surface area contributed by atoms with Crippen molar-refractivity contribution in [3.05, 3.63) is 387 Å². The van der Waals surface area contributed by atoms with Crippen molar-refractivity contribution >= 4 is 86.2 Å². The molecule has 0 aliphatic heterocycles. The predicted octanol–water partition coefficient (Wildman–Crippen LogP) is 28.2. The second-order valence-electron chi connectivity index (χ2n) is 27.7. The molecule has 101 heavy (non-hydrogen) atoms. The van der Waals surface area contributed by atoms with Gasteiger partial charge in [0.1, 0.15) is 0 Å². The summed E-state index contributed by atoms with van der Waals surface area (Å²) < 4.78 is 0. The van der Waals surface area contributed by atoms with E-state index in [0.717, 1.165) is 0 Å². The maximum absolute atomic E-state index is 2.48. The van der Waals surface area contributed by atoms with E-state index in [4.69, 9.17) is 0 Å². The Bertz CT molecular complexity index is 6490. The zero-order chi connectivity index (χ0) is 67.1. The van der Waals surface area contributed by atoms with Gasteiger partial charge in [0.05, 0.1) is 0 Å². The Morgan fingerprint density at radius 1 is 0.149 bits per heavy atom. The third-order valence-corrected chi connectivity index (χ3v) is 21.7. The maximum Gasteiger partial charge on any atom is 0.0159 e. The summed E-state index contributed by atoms with van der Waals surface area (Å²) in [6.07, 6.45) is 0. The second kappa shape index (κ2) is 24.4. The minimum absolute atomic E-state index is 0.0739. The Balaban J connectivity index is 0.000000140. The minimum atomic E-state index is -0.0739. The van der Waals surface area contributed by atoms with Gasteiger partial charge in [0.2, 0.25) is 0 Å². The summed E-state index contributed by atoms with van der Waals surface area (Å²) in [4.78, 5) is 0. The van der Waals surface area contributed by atoms with Crippen molar-refractivity contribution < 1.29 is 0 Å². The van der Waals surface area contributed by atoms with Crippen LogP contribution in [-0.2, 0) is 5.41 Å². The molecule has 0 saturated heterocycles. The van der Waals surface area contributed by atoms with Crippen molar-refractivity contribution in [3.8, 4) is 100 Å². The van der Waals surface area contributed by atoms with Gasteiger partial charge in [0, 0.05) is 5.41 Å². The predicted molar refractivity (Wildman–Crippen MR) is 434 cm³/mol. The molecule has 0 nitrogen and oxygen atoms in total. The van der Waals surface area contributed by atoms with Crippen LogP contribution in [0.2, 0.25) is 0 Å². The Labute approximate surface area is 589 Å². The van der Waals surface area contributed by atoms with Crippen molar-refractivity contribution in [2.75, 3.05) is 0 Å². The van der Waals surface area contributed by atoms with E-state index in [-0.39, 0.29) is 5.41 Å². The smallest absolute Gasteiger partial charge is 0.0159 e. The van der Waals surface area contributed by atoms with Crippen molar-refractivity contribution in [2.24, 2.45) is 0 Å². The van der Waals surface area contributed by atoms with Crippen LogP contribution in [0.25, 0.3) is 186 Å². The lowest BCUT2D eigenvalue weighted by Gasteiger charge is -2.23. The summed E-state index contributed by atoms with van der Waals surface area (Å²) >= 11 is 0. The van der Waals surface area contributed by atoms with E-state index in [1.54, 1.807) is 0 Å². The van der Waals surface area contributed by atoms with Gasteiger partial charge >= 0.3 is 0 Å². The van der Waals surface area contributed by atoms with Crippen LogP contribution < -0.4 is 0 Å². The van der Waals surface area contributed by atoms with Crippen LogP contribution in [0.1, 0.15) is 25.0 Å². The van der Waals surface area contributed by atoms with Gasteiger partial charge in [-0.3, -0.25) is 0 Å². The molecule has 19 aromatic carbocycles. The zero-order valence-corrected chi connectivity index (χ0v) is 56.3. The van der Waals surface area contributed by atoms with Crippen molar-refractivity contribution in [2.45, 2.75) is 19.3 Å². The Morgan fingerprint density at radius 2 is 0.535 bits per heavy atom. The minimum Gasteiger partial charge on any atom is -0.0622 e. The van der Waals surface area contributed by atoms with Gasteiger partial charge in [-0.15, -0.1) is 0 Å². The quantitative estimate of drug-likeness (QED) is 0.105. The monoisotopic (exact) mass is 1280 g/mol. The highest BCUT2D eigenvalue weighted by Crippen LogP contribution is 2.53. The van der Waals surface area contributed by atoms with Gasteiger partial charge in [-0.25, -0.2) is 0 Å². The van der Waals surface area contributed by atoms with E-state index < -0.39 is 0 Å². The summed E-state index contributed by atoms with van der Waals surface area (Å²) in [7, 11) is 0. The number of hydrogen-bond donors (Lipinski definition) is 0. The molecule has 0 radical (unpaired) electrons. The van der Waals surface area contributed by atoms with Gasteiger partial charge in [0.15, 0.2) is 0 Å². The van der Waals surface area contributed by atoms with Crippen LogP contribution in [0.15, 0.2) is 376 Å². The molecular weight excluding hydrogens is 1210 g/mol. The SMILES string of the molecule is CC1(C)c2ccccc2-c2ccc(-c3c4ccccc4c(-c4cccc5ccccc45)c4cc(-c5ccc(-c6ccccc6)cc5)ccc34)cc21.c1ccc(-c2ccc(-c3c4ccccc4c(-c4ccc5ccccc5c4)c4cc(-c5cc6ccccc6c6ccccc56)ccc34)cc2)cc1. The molecule has 1 aliphatic carbocycles. The van der Waals surface area contributed by atoms with E-state index in [0.29, 0.717) is 0 Å². The first-order chi connectivity index (χ1) is 49.9. The summed E-state index contributed by atoms with van der Waals surface area (Å²) in [5.74, 6) is 0. The summed E-state index contributed by atoms with van der Waals surface area (Å²) in [6.45, 7) is 4.74. The molecule has 0 saturated carbocycles. The van der Waals surface area contributed by atoms with Crippen LogP contribution >= 0.6 is 0 Å². The molecule has 472 valence electrons. The fourth-order valence-electron chi connectivity index (χ4n) is 16.8. The van der Waals surface area contributed by atoms with E-state index in [9.17, 15) is 0 Å². The van der Waals surface area contributed by atoms with Gasteiger partial charge in [-0.05, 0) is 228 Å². The van der Waals surface area contributed by atoms with Crippen LogP contribution in [0.5, 0.6) is 0 Å². The Morgan fingerprint density at radius 3 is 1.20 bits per heavy atom. The zero-order valence-electron chi connectivity index (χ0n) is 56.3. The molecule has 19 aromatic rings. The highest BCUT2D eigenvalue weighted by Gasteiger charge is 2.36. The molecule has 0 spiro atoms. The van der Waals surface area contributed by atoms with Gasteiger partial charge in [-0.1, -0.05) is 360 Å². The summed E-state index contributed by atoms with van der Waals surface area (Å²) in [5, 5.41) is 20.3. The molecule has 0 N–H and O–H groups in total. The number of benzene rings is 19. The summed E-state index contributed by atoms with van der Waals surface area (Å²) in [6, 6.07) is 139. The number of rotatable bonds is 8. The molecule has 20 rings (SSSR count). The molecule has 0 aromatic heterocycles. The molecule has 0 fully saturated rings. The van der Waals surface area contributed by atoms with Crippen LogP contribution in [-0.4, -0.2) is 0 Å². The standard InChI is InChI=1S/C51H36.C50H32/c1-51(2)47-22-11-10-18-40(47)41-29-28-38(32-48(41)51)49-43-19-8-9-20-44(43)50(42-21-12-16-36-15-6-7-17-39(36)42)46-31-37(27-30-45(46)49)35-25-23-34(24-26-35)33-13-4-3-5-14-33;1-2-12-33(13-3-1)35-22-25-36(26-23-35)49-44-20-10-11-21-45(44)50(40-27-24-34-14-4-5-15-37(34)30-40)48-32-39(28-29-46(48)49)47-31-38-16-6-7-17-41(38)42-18-8-9-19-43(42)47/h3-32H,1-2H3;1-32H. The van der Waals surface area contributed by atoms with E-state index in [2.05, 4.69) is 390 Å². The lowest BCUT2D eigenvalue weighted by atomic mass is 9.80. The fourth-order valence-corrected chi connectivity index (χ4v) is 16.8. The third kappa shape index (κ3) is 10.1. The number of hydrogen-bond acceptors (Lipinski definition) is 0. The molecule has 0 heterocycles. The van der Waals surface area contributed by atoms with Crippen LogP contribution in [0.3, 0.4) is 0 Å². The first-order valence-corrected chi connectivity index (χ1v) is 35.3. The van der Waals surface area contributed by atoms with Crippen molar-refractivity contribution in [3.63, 3.8) is 0 Å². The number of fused-ring (bicyclic) bond motifs is 12. The third-order valence-electron chi connectivity index (χ3n) is 21.7. The van der Waals surface area contributed by atoms with Crippen molar-refractivity contribution in [1.29, 1.82) is 0 Å². The van der Waals surface area contributed by atoms with Crippen molar-refractivity contribution in [1.82, 2.24) is 0 Å². The normalized spacial score (nSPS) is 12.3. The first-order valence-electron chi connectivity index (χ1n) is 35.3. The lowest BCUT2D eigenvalue weighted by Crippen LogP contribution is -2.14. The highest BCUT2D eigenvalue weighted by atomic mass is 14.4. The van der Waals surface area contributed by atoms with E-state index in [1.807, 2.05) is 0 Å². The Hall–Kier alpha value is -12.7. The van der Waals surface area contributed by atoms with Gasteiger partial charge in [-0.2, -0.15) is 0 Å². The van der Waals surface area contributed by atoms with E-state index in [1.165, 1.54) is 197 Å². The average Bonchev–Trinajstić information content (AvgIpc) is 1.61. The molecule has 0 bridgehead atoms. The Kier molecular flexibility index (Phi) is 14.4. The molecule has 1 aliphatic rings. The fraction of sp³-hybridized carbons (Fsp3) is 0.0297. The largest absolute Gasteiger partial charge is 0.0622 e. The molecule has 0 unspecified atom stereocenters. The van der Waals surface area contributed by atoms with Gasteiger partial charge < -0.3 is 0 Å².